The van der Waals surface area contributed by atoms with Gasteiger partial charge in [-0.1, -0.05) is 0 Å². The second-order valence-corrected chi connectivity index (χ2v) is 6.63. The molecule has 9 heteroatoms. The third-order valence-corrected chi connectivity index (χ3v) is 3.25. The molecular weight excluding hydrogens is 358 g/mol. The van der Waals surface area contributed by atoms with Crippen molar-refractivity contribution >= 4 is 29.1 Å². The maximum atomic E-state index is 11.5. The van der Waals surface area contributed by atoms with Crippen molar-refractivity contribution in [2.45, 2.75) is 26.4 Å². The minimum Gasteiger partial charge on any atom is -0.493 e. The van der Waals surface area contributed by atoms with Crippen molar-refractivity contribution in [1.82, 2.24) is 10.6 Å². The molecule has 0 fully saturated rings. The quantitative estimate of drug-likeness (QED) is 0.487. The maximum Gasteiger partial charge on any atom is 0.407 e. The van der Waals surface area contributed by atoms with Crippen LogP contribution >= 0.6 is 12.2 Å². The number of carbonyl (C=O) groups excluding carboxylic acids is 1. The van der Waals surface area contributed by atoms with Gasteiger partial charge < -0.3 is 34.9 Å². The van der Waals surface area contributed by atoms with Crippen LogP contribution in [0.25, 0.3) is 0 Å². The zero-order valence-electron chi connectivity index (χ0n) is 16.0. The van der Waals surface area contributed by atoms with Crippen LogP contribution in [0.1, 0.15) is 20.8 Å². The van der Waals surface area contributed by atoms with Crippen molar-refractivity contribution in [3.63, 3.8) is 0 Å². The summed E-state index contributed by atoms with van der Waals surface area (Å²) in [5, 5.41) is 9.06. The van der Waals surface area contributed by atoms with Crippen LogP contribution < -0.4 is 30.2 Å². The fourth-order valence-corrected chi connectivity index (χ4v) is 2.20. The second kappa shape index (κ2) is 9.91. The van der Waals surface area contributed by atoms with E-state index in [1.807, 2.05) is 0 Å². The summed E-state index contributed by atoms with van der Waals surface area (Å²) in [5.41, 5.74) is 0.151. The molecule has 0 saturated heterocycles. The summed E-state index contributed by atoms with van der Waals surface area (Å²) in [4.78, 5) is 11.5. The van der Waals surface area contributed by atoms with E-state index in [-0.39, 0.29) is 0 Å². The lowest BCUT2D eigenvalue weighted by atomic mass is 10.2. The Morgan fingerprint density at radius 3 is 2.00 bits per heavy atom. The maximum absolute atomic E-state index is 11.5. The van der Waals surface area contributed by atoms with E-state index >= 15 is 0 Å². The molecule has 0 spiro atoms. The summed E-state index contributed by atoms with van der Waals surface area (Å²) < 4.78 is 21.0. The first-order chi connectivity index (χ1) is 12.2. The van der Waals surface area contributed by atoms with E-state index < -0.39 is 11.7 Å². The molecule has 3 N–H and O–H groups in total. The molecule has 1 amide bonds. The van der Waals surface area contributed by atoms with Crippen molar-refractivity contribution in [1.29, 1.82) is 0 Å². The molecule has 0 saturated carbocycles. The Balaban J connectivity index is 2.52. The topological polar surface area (TPSA) is 90.1 Å². The summed E-state index contributed by atoms with van der Waals surface area (Å²) >= 11 is 5.24. The first-order valence-corrected chi connectivity index (χ1v) is 8.42. The normalized spacial score (nSPS) is 10.5. The lowest BCUT2D eigenvalue weighted by molar-refractivity contribution is 0.0529. The van der Waals surface area contributed by atoms with Crippen LogP contribution in [-0.2, 0) is 4.74 Å². The number of ether oxygens (including phenoxy) is 4. The van der Waals surface area contributed by atoms with Crippen LogP contribution in [0.4, 0.5) is 10.5 Å². The van der Waals surface area contributed by atoms with Crippen molar-refractivity contribution in [3.8, 4) is 17.2 Å². The van der Waals surface area contributed by atoms with E-state index in [0.717, 1.165) is 0 Å². The molecule has 146 valence electrons. The standard InChI is InChI=1S/C17H27N3O5S/c1-17(2,3)25-16(21)19-8-7-18-15(26)20-11-9-12(22-4)14(24-6)13(10-11)23-5/h9-10H,7-8H2,1-6H3,(H,19,21)(H2,18,20,26). The van der Waals surface area contributed by atoms with Gasteiger partial charge in [-0.25, -0.2) is 4.79 Å². The van der Waals surface area contributed by atoms with Gasteiger partial charge in [-0.2, -0.15) is 0 Å². The predicted octanol–water partition coefficient (Wildman–Crippen LogP) is 2.52. The first kappa shape index (κ1) is 21.6. The van der Waals surface area contributed by atoms with Gasteiger partial charge in [-0.3, -0.25) is 0 Å². The Bertz CT molecular complexity index is 606. The largest absolute Gasteiger partial charge is 0.493 e. The van der Waals surface area contributed by atoms with Crippen LogP contribution in [0.3, 0.4) is 0 Å². The van der Waals surface area contributed by atoms with E-state index in [0.29, 0.717) is 41.1 Å². The van der Waals surface area contributed by atoms with Gasteiger partial charge in [0.05, 0.1) is 21.3 Å². The Morgan fingerprint density at radius 2 is 1.54 bits per heavy atom. The van der Waals surface area contributed by atoms with E-state index in [1.54, 1.807) is 47.1 Å². The molecule has 0 aromatic heterocycles. The highest BCUT2D eigenvalue weighted by Crippen LogP contribution is 2.39. The molecule has 0 aliphatic heterocycles. The van der Waals surface area contributed by atoms with Crippen LogP contribution in [0.5, 0.6) is 17.2 Å². The number of amides is 1. The van der Waals surface area contributed by atoms with Gasteiger partial charge >= 0.3 is 6.09 Å². The van der Waals surface area contributed by atoms with Crippen LogP contribution in [-0.4, -0.2) is 51.2 Å². The monoisotopic (exact) mass is 385 g/mol. The summed E-state index contributed by atoms with van der Waals surface area (Å²) in [6, 6.07) is 3.49. The number of alkyl carbamates (subject to hydrolysis) is 1. The zero-order chi connectivity index (χ0) is 19.7. The Labute approximate surface area is 159 Å². The number of nitrogens with one attached hydrogen (secondary N) is 3. The number of carbonyl (C=O) groups is 1. The lowest BCUT2D eigenvalue weighted by Crippen LogP contribution is -2.39. The summed E-state index contributed by atoms with van der Waals surface area (Å²) in [6.45, 7) is 6.23. The molecule has 1 rings (SSSR count). The first-order valence-electron chi connectivity index (χ1n) is 8.02. The highest BCUT2D eigenvalue weighted by molar-refractivity contribution is 7.80. The van der Waals surface area contributed by atoms with Gasteiger partial charge in [0.15, 0.2) is 16.6 Å². The molecule has 1 aromatic carbocycles. The van der Waals surface area contributed by atoms with Gasteiger partial charge in [0.2, 0.25) is 5.75 Å². The highest BCUT2D eigenvalue weighted by atomic mass is 32.1. The van der Waals surface area contributed by atoms with E-state index in [4.69, 9.17) is 31.2 Å². The van der Waals surface area contributed by atoms with Crippen molar-refractivity contribution < 1.29 is 23.7 Å². The van der Waals surface area contributed by atoms with Gasteiger partial charge in [-0.05, 0) is 33.0 Å². The van der Waals surface area contributed by atoms with E-state index in [9.17, 15) is 4.79 Å². The number of thiocarbonyl (C=S) groups is 1. The third kappa shape index (κ3) is 7.22. The summed E-state index contributed by atoms with van der Waals surface area (Å²) in [6.07, 6.45) is -0.470. The Kier molecular flexibility index (Phi) is 8.24. The van der Waals surface area contributed by atoms with Crippen molar-refractivity contribution in [2.24, 2.45) is 0 Å². The van der Waals surface area contributed by atoms with E-state index in [2.05, 4.69) is 16.0 Å². The molecule has 0 radical (unpaired) electrons. The van der Waals surface area contributed by atoms with Crippen LogP contribution in [0, 0.1) is 0 Å². The molecule has 26 heavy (non-hydrogen) atoms. The minimum absolute atomic E-state index is 0.367. The molecule has 1 aromatic rings. The molecule has 0 atom stereocenters. The smallest absolute Gasteiger partial charge is 0.407 e. The summed E-state index contributed by atoms with van der Waals surface area (Å²) in [7, 11) is 4.62. The molecule has 0 aliphatic carbocycles. The molecule has 0 aliphatic rings. The Morgan fingerprint density at radius 1 is 1.00 bits per heavy atom. The minimum atomic E-state index is -0.527. The molecule has 0 bridgehead atoms. The van der Waals surface area contributed by atoms with Crippen molar-refractivity contribution in [2.75, 3.05) is 39.7 Å². The third-order valence-electron chi connectivity index (χ3n) is 3.00. The van der Waals surface area contributed by atoms with Crippen LogP contribution in [0.2, 0.25) is 0 Å². The zero-order valence-corrected chi connectivity index (χ0v) is 16.8. The number of hydrogen-bond donors (Lipinski definition) is 3. The average molecular weight is 385 g/mol. The lowest BCUT2D eigenvalue weighted by Gasteiger charge is -2.20. The molecular formula is C17H27N3O5S. The second-order valence-electron chi connectivity index (χ2n) is 6.22. The number of hydrogen-bond acceptors (Lipinski definition) is 6. The van der Waals surface area contributed by atoms with Gasteiger partial charge in [0, 0.05) is 30.9 Å². The molecule has 0 unspecified atom stereocenters. The SMILES string of the molecule is COc1cc(NC(=S)NCCNC(=O)OC(C)(C)C)cc(OC)c1OC. The van der Waals surface area contributed by atoms with Crippen molar-refractivity contribution in [3.05, 3.63) is 12.1 Å². The van der Waals surface area contributed by atoms with Gasteiger partial charge in [0.1, 0.15) is 5.60 Å². The molecule has 0 heterocycles. The van der Waals surface area contributed by atoms with E-state index in [1.165, 1.54) is 7.11 Å². The predicted molar refractivity (Wildman–Crippen MR) is 105 cm³/mol. The highest BCUT2D eigenvalue weighted by Gasteiger charge is 2.16. The fourth-order valence-electron chi connectivity index (χ4n) is 1.98. The number of rotatable bonds is 7. The number of methoxy groups -OCH3 is 3. The average Bonchev–Trinajstić information content (AvgIpc) is 2.56. The fraction of sp³-hybridized carbons (Fsp3) is 0.529. The van der Waals surface area contributed by atoms with Gasteiger partial charge in [0.25, 0.3) is 0 Å². The number of anilines is 1. The number of benzene rings is 1. The Hall–Kier alpha value is -2.42. The summed E-state index contributed by atoms with van der Waals surface area (Å²) in [5.74, 6) is 1.54. The van der Waals surface area contributed by atoms with Gasteiger partial charge in [-0.15, -0.1) is 0 Å². The molecule has 8 nitrogen and oxygen atoms in total. The van der Waals surface area contributed by atoms with Crippen LogP contribution in [0.15, 0.2) is 12.1 Å².